The lowest BCUT2D eigenvalue weighted by Gasteiger charge is -2.32. The van der Waals surface area contributed by atoms with Gasteiger partial charge in [-0.2, -0.15) is 0 Å². The second kappa shape index (κ2) is 6.78. The van der Waals surface area contributed by atoms with Crippen molar-refractivity contribution >= 4 is 16.9 Å². The molecule has 0 atom stereocenters. The quantitative estimate of drug-likeness (QED) is 0.780. The summed E-state index contributed by atoms with van der Waals surface area (Å²) < 4.78 is 19.6. The average Bonchev–Trinajstić information content (AvgIpc) is 3.14. The van der Waals surface area contributed by atoms with Crippen LogP contribution in [0.5, 0.6) is 5.75 Å². The lowest BCUT2D eigenvalue weighted by molar-refractivity contribution is 0.0708. The normalized spacial score (nSPS) is 15.4. The van der Waals surface area contributed by atoms with E-state index >= 15 is 0 Å². The van der Waals surface area contributed by atoms with E-state index in [-0.39, 0.29) is 11.5 Å². The van der Waals surface area contributed by atoms with E-state index in [1.165, 1.54) is 24.0 Å². The highest BCUT2D eigenvalue weighted by molar-refractivity contribution is 5.97. The van der Waals surface area contributed by atoms with E-state index < -0.39 is 5.82 Å². The van der Waals surface area contributed by atoms with Crippen molar-refractivity contribution in [2.75, 3.05) is 20.2 Å². The molecule has 5 nitrogen and oxygen atoms in total. The van der Waals surface area contributed by atoms with Gasteiger partial charge in [-0.1, -0.05) is 12.1 Å². The summed E-state index contributed by atoms with van der Waals surface area (Å²) in [5.74, 6) is 0.446. The molecule has 1 aliphatic heterocycles. The maximum Gasteiger partial charge on any atom is 0.256 e. The highest BCUT2D eigenvalue weighted by atomic mass is 19.1. The second-order valence-corrected chi connectivity index (χ2v) is 6.59. The third kappa shape index (κ3) is 3.03. The topological polar surface area (TPSA) is 58.2 Å². The number of fused-ring (bicyclic) bond motifs is 1. The number of aromatic nitrogens is 2. The smallest absolute Gasteiger partial charge is 0.256 e. The maximum atomic E-state index is 14.3. The number of hydrogen-bond donors (Lipinski definition) is 1. The predicted molar refractivity (Wildman–Crippen MR) is 96.9 cm³/mol. The van der Waals surface area contributed by atoms with Gasteiger partial charge >= 0.3 is 0 Å². The van der Waals surface area contributed by atoms with Crippen LogP contribution in [-0.4, -0.2) is 41.0 Å². The second-order valence-electron chi connectivity index (χ2n) is 6.59. The SMILES string of the molecule is COc1cccc(C2CCN(C(=O)c3cc4nc[nH]c4cc3F)CC2)c1. The molecule has 134 valence electrons. The standard InChI is InChI=1S/C20H20FN3O2/c1-26-15-4-2-3-14(9-15)13-5-7-24(8-6-13)20(25)16-10-18-19(11-17(16)21)23-12-22-18/h2-4,9-13H,5-8H2,1H3,(H,22,23). The molecule has 1 amide bonds. The largest absolute Gasteiger partial charge is 0.497 e. The molecule has 1 N–H and O–H groups in total. The Bertz CT molecular complexity index is 945. The molecule has 0 bridgehead atoms. The number of imidazole rings is 1. The van der Waals surface area contributed by atoms with Crippen molar-refractivity contribution in [1.29, 1.82) is 0 Å². The van der Waals surface area contributed by atoms with E-state index in [1.54, 1.807) is 12.0 Å². The summed E-state index contributed by atoms with van der Waals surface area (Å²) in [5, 5.41) is 0. The van der Waals surface area contributed by atoms with E-state index in [1.807, 2.05) is 18.2 Å². The number of aromatic amines is 1. The summed E-state index contributed by atoms with van der Waals surface area (Å²) in [6.45, 7) is 1.22. The molecule has 4 rings (SSSR count). The number of nitrogens with one attached hydrogen (secondary N) is 1. The van der Waals surface area contributed by atoms with Crippen LogP contribution in [0.4, 0.5) is 4.39 Å². The van der Waals surface area contributed by atoms with Crippen LogP contribution in [-0.2, 0) is 0 Å². The Balaban J connectivity index is 1.48. The number of amides is 1. The molecule has 1 aliphatic rings. The Morgan fingerprint density at radius 2 is 2.08 bits per heavy atom. The Morgan fingerprint density at radius 3 is 2.85 bits per heavy atom. The van der Waals surface area contributed by atoms with E-state index in [9.17, 15) is 9.18 Å². The molecule has 1 fully saturated rings. The zero-order valence-corrected chi connectivity index (χ0v) is 14.5. The Morgan fingerprint density at radius 1 is 1.27 bits per heavy atom. The van der Waals surface area contributed by atoms with Gasteiger partial charge in [0.1, 0.15) is 11.6 Å². The molecule has 2 heterocycles. The summed E-state index contributed by atoms with van der Waals surface area (Å²) in [7, 11) is 1.66. The van der Waals surface area contributed by atoms with Crippen molar-refractivity contribution in [2.45, 2.75) is 18.8 Å². The van der Waals surface area contributed by atoms with Crippen LogP contribution in [0.2, 0.25) is 0 Å². The fourth-order valence-electron chi connectivity index (χ4n) is 3.60. The van der Waals surface area contributed by atoms with Crippen molar-refractivity contribution in [3.8, 4) is 5.75 Å². The van der Waals surface area contributed by atoms with Crippen LogP contribution >= 0.6 is 0 Å². The maximum absolute atomic E-state index is 14.3. The Hall–Kier alpha value is -2.89. The van der Waals surface area contributed by atoms with Crippen molar-refractivity contribution in [1.82, 2.24) is 14.9 Å². The van der Waals surface area contributed by atoms with Crippen LogP contribution in [0, 0.1) is 5.82 Å². The summed E-state index contributed by atoms with van der Waals surface area (Å²) in [6.07, 6.45) is 3.20. The number of nitrogens with zero attached hydrogens (tertiary/aromatic N) is 2. The van der Waals surface area contributed by atoms with E-state index in [4.69, 9.17) is 4.74 Å². The molecular formula is C20H20FN3O2. The van der Waals surface area contributed by atoms with Crippen LogP contribution in [0.25, 0.3) is 11.0 Å². The summed E-state index contributed by atoms with van der Waals surface area (Å²) in [4.78, 5) is 21.5. The third-order valence-corrected chi connectivity index (χ3v) is 5.09. The molecule has 6 heteroatoms. The lowest BCUT2D eigenvalue weighted by Crippen LogP contribution is -2.38. The van der Waals surface area contributed by atoms with Crippen molar-refractivity contribution in [3.63, 3.8) is 0 Å². The van der Waals surface area contributed by atoms with Crippen LogP contribution in [0.1, 0.15) is 34.7 Å². The van der Waals surface area contributed by atoms with Gasteiger partial charge in [0.15, 0.2) is 0 Å². The first-order valence-electron chi connectivity index (χ1n) is 8.71. The molecule has 0 saturated carbocycles. The van der Waals surface area contributed by atoms with E-state index in [2.05, 4.69) is 16.0 Å². The monoisotopic (exact) mass is 353 g/mol. The van der Waals surface area contributed by atoms with E-state index in [0.717, 1.165) is 18.6 Å². The van der Waals surface area contributed by atoms with Crippen molar-refractivity contribution in [3.05, 3.63) is 59.7 Å². The third-order valence-electron chi connectivity index (χ3n) is 5.09. The summed E-state index contributed by atoms with van der Waals surface area (Å²) in [6, 6.07) is 10.9. The van der Waals surface area contributed by atoms with Gasteiger partial charge in [-0.15, -0.1) is 0 Å². The lowest BCUT2D eigenvalue weighted by atomic mass is 9.89. The van der Waals surface area contributed by atoms with Gasteiger partial charge in [-0.25, -0.2) is 9.37 Å². The number of rotatable bonds is 3. The first-order chi connectivity index (χ1) is 12.7. The number of ether oxygens (including phenoxy) is 1. The summed E-state index contributed by atoms with van der Waals surface area (Å²) >= 11 is 0. The number of halogens is 1. The van der Waals surface area contributed by atoms with Crippen molar-refractivity contribution < 1.29 is 13.9 Å². The van der Waals surface area contributed by atoms with Gasteiger partial charge in [0, 0.05) is 19.2 Å². The number of methoxy groups -OCH3 is 1. The number of benzene rings is 2. The highest BCUT2D eigenvalue weighted by Gasteiger charge is 2.26. The van der Waals surface area contributed by atoms with Gasteiger partial charge in [0.2, 0.25) is 0 Å². The first kappa shape index (κ1) is 16.6. The molecule has 1 aromatic heterocycles. The van der Waals surface area contributed by atoms with Gasteiger partial charge in [-0.05, 0) is 42.5 Å². The Kier molecular flexibility index (Phi) is 4.32. The summed E-state index contributed by atoms with van der Waals surface area (Å²) in [5.41, 5.74) is 2.50. The van der Waals surface area contributed by atoms with Crippen LogP contribution < -0.4 is 4.74 Å². The molecule has 26 heavy (non-hydrogen) atoms. The molecule has 3 aromatic rings. The number of carbonyl (C=O) groups is 1. The van der Waals surface area contributed by atoms with Crippen LogP contribution in [0.15, 0.2) is 42.7 Å². The molecule has 0 radical (unpaired) electrons. The number of hydrogen-bond acceptors (Lipinski definition) is 3. The van der Waals surface area contributed by atoms with Gasteiger partial charge < -0.3 is 14.6 Å². The van der Waals surface area contributed by atoms with Crippen LogP contribution in [0.3, 0.4) is 0 Å². The number of likely N-dealkylation sites (tertiary alicyclic amines) is 1. The van der Waals surface area contributed by atoms with Gasteiger partial charge in [0.25, 0.3) is 5.91 Å². The average molecular weight is 353 g/mol. The minimum Gasteiger partial charge on any atom is -0.497 e. The molecule has 0 spiro atoms. The fraction of sp³-hybridized carbons (Fsp3) is 0.300. The van der Waals surface area contributed by atoms with Crippen molar-refractivity contribution in [2.24, 2.45) is 0 Å². The van der Waals surface area contributed by atoms with Gasteiger partial charge in [-0.3, -0.25) is 4.79 Å². The minimum absolute atomic E-state index is 0.0874. The zero-order chi connectivity index (χ0) is 18.1. The highest BCUT2D eigenvalue weighted by Crippen LogP contribution is 2.31. The minimum atomic E-state index is -0.512. The molecule has 0 unspecified atom stereocenters. The van der Waals surface area contributed by atoms with E-state index in [0.29, 0.717) is 30.0 Å². The molecule has 2 aromatic carbocycles. The Labute approximate surface area is 150 Å². The molecular weight excluding hydrogens is 333 g/mol. The van der Waals surface area contributed by atoms with Gasteiger partial charge in [0.05, 0.1) is 30.0 Å². The number of carbonyl (C=O) groups excluding carboxylic acids is 1. The fourth-order valence-corrected chi connectivity index (χ4v) is 3.60. The first-order valence-corrected chi connectivity index (χ1v) is 8.71. The number of piperidine rings is 1. The predicted octanol–water partition coefficient (Wildman–Crippen LogP) is 3.73. The molecule has 1 saturated heterocycles. The number of H-pyrrole nitrogens is 1. The zero-order valence-electron chi connectivity index (χ0n) is 14.5. The molecule has 0 aliphatic carbocycles.